The molecule has 0 bridgehead atoms. The topological polar surface area (TPSA) is 63.1 Å². The average molecular weight is 404 g/mol. The van der Waals surface area contributed by atoms with E-state index in [-0.39, 0.29) is 18.1 Å². The summed E-state index contributed by atoms with van der Waals surface area (Å²) in [5.41, 5.74) is 1.91. The number of aromatic nitrogens is 3. The molecule has 2 heterocycles. The number of halogens is 3. The number of aryl methyl sites for hydroxylation is 1. The molecule has 6 nitrogen and oxygen atoms in total. The second-order valence-electron chi connectivity index (χ2n) is 6.47. The Morgan fingerprint density at radius 2 is 2.11 bits per heavy atom. The van der Waals surface area contributed by atoms with Gasteiger partial charge in [0, 0.05) is 17.6 Å². The third kappa shape index (κ3) is 3.68. The SMILES string of the molecule is O=C(CN1CCCc2cc(F)cc(F)c21)Nc1cc(Cl)ccc1-n1cncn1. The molecule has 28 heavy (non-hydrogen) atoms. The summed E-state index contributed by atoms with van der Waals surface area (Å²) in [5, 5.41) is 7.31. The second kappa shape index (κ2) is 7.55. The lowest BCUT2D eigenvalue weighted by atomic mass is 10.0. The highest BCUT2D eigenvalue weighted by Gasteiger charge is 2.24. The van der Waals surface area contributed by atoms with Crippen molar-refractivity contribution in [3.05, 3.63) is 65.2 Å². The zero-order valence-corrected chi connectivity index (χ0v) is 15.5. The van der Waals surface area contributed by atoms with E-state index in [4.69, 9.17) is 11.6 Å². The van der Waals surface area contributed by atoms with Gasteiger partial charge in [-0.2, -0.15) is 5.10 Å². The largest absolute Gasteiger partial charge is 0.360 e. The Morgan fingerprint density at radius 1 is 1.25 bits per heavy atom. The van der Waals surface area contributed by atoms with Gasteiger partial charge in [-0.1, -0.05) is 11.6 Å². The molecule has 1 aliphatic rings. The first-order valence-electron chi connectivity index (χ1n) is 8.68. The maximum Gasteiger partial charge on any atom is 0.243 e. The molecule has 1 N–H and O–H groups in total. The van der Waals surface area contributed by atoms with Gasteiger partial charge in [-0.05, 0) is 42.7 Å². The number of carbonyl (C=O) groups excluding carboxylic acids is 1. The van der Waals surface area contributed by atoms with E-state index < -0.39 is 11.6 Å². The number of amides is 1. The highest BCUT2D eigenvalue weighted by Crippen LogP contribution is 2.31. The molecule has 9 heteroatoms. The van der Waals surface area contributed by atoms with Gasteiger partial charge in [0.15, 0.2) is 0 Å². The lowest BCUT2D eigenvalue weighted by molar-refractivity contribution is -0.115. The fraction of sp³-hybridized carbons (Fsp3) is 0.211. The third-order valence-electron chi connectivity index (χ3n) is 4.53. The van der Waals surface area contributed by atoms with Gasteiger partial charge in [-0.15, -0.1) is 0 Å². The molecule has 0 saturated heterocycles. The highest BCUT2D eigenvalue weighted by atomic mass is 35.5. The van der Waals surface area contributed by atoms with Gasteiger partial charge in [-0.3, -0.25) is 4.79 Å². The molecule has 0 saturated carbocycles. The molecule has 0 unspecified atom stereocenters. The van der Waals surface area contributed by atoms with Crippen molar-refractivity contribution in [2.45, 2.75) is 12.8 Å². The van der Waals surface area contributed by atoms with E-state index in [2.05, 4.69) is 15.4 Å². The Kier molecular flexibility index (Phi) is 4.95. The predicted molar refractivity (Wildman–Crippen MR) is 102 cm³/mol. The summed E-state index contributed by atoms with van der Waals surface area (Å²) in [6.07, 6.45) is 4.17. The van der Waals surface area contributed by atoms with Crippen LogP contribution in [0, 0.1) is 11.6 Å². The van der Waals surface area contributed by atoms with E-state index in [0.29, 0.717) is 41.3 Å². The van der Waals surface area contributed by atoms with Gasteiger partial charge in [0.2, 0.25) is 5.91 Å². The van der Waals surface area contributed by atoms with Gasteiger partial charge in [0.05, 0.1) is 23.6 Å². The molecule has 0 radical (unpaired) electrons. The standard InChI is InChI=1S/C19H16ClF2N5O/c20-13-3-4-17(27-11-23-10-24-27)16(7-13)25-18(28)9-26-5-1-2-12-6-14(21)8-15(22)19(12)26/h3-4,6-8,10-11H,1-2,5,9H2,(H,25,28). The third-order valence-corrected chi connectivity index (χ3v) is 4.77. The van der Waals surface area contributed by atoms with Crippen LogP contribution >= 0.6 is 11.6 Å². The number of nitrogens with zero attached hydrogens (tertiary/aromatic N) is 4. The molecular weight excluding hydrogens is 388 g/mol. The van der Waals surface area contributed by atoms with Gasteiger partial charge in [-0.25, -0.2) is 18.4 Å². The van der Waals surface area contributed by atoms with Crippen LogP contribution in [0.15, 0.2) is 43.0 Å². The Hall–Kier alpha value is -3.00. The van der Waals surface area contributed by atoms with Crippen LogP contribution < -0.4 is 10.2 Å². The lowest BCUT2D eigenvalue weighted by Crippen LogP contribution is -2.37. The van der Waals surface area contributed by atoms with E-state index in [0.717, 1.165) is 6.07 Å². The number of anilines is 2. The molecule has 0 fully saturated rings. The molecule has 0 atom stereocenters. The van der Waals surface area contributed by atoms with Crippen molar-refractivity contribution in [2.24, 2.45) is 0 Å². The van der Waals surface area contributed by atoms with Gasteiger partial charge in [0.1, 0.15) is 24.3 Å². The van der Waals surface area contributed by atoms with Gasteiger partial charge < -0.3 is 10.2 Å². The van der Waals surface area contributed by atoms with E-state index in [1.165, 1.54) is 23.4 Å². The maximum atomic E-state index is 14.3. The Balaban J connectivity index is 1.57. The summed E-state index contributed by atoms with van der Waals surface area (Å²) in [6, 6.07) is 7.16. The van der Waals surface area contributed by atoms with E-state index in [1.807, 2.05) is 0 Å². The lowest BCUT2D eigenvalue weighted by Gasteiger charge is -2.31. The zero-order chi connectivity index (χ0) is 19.7. The van der Waals surface area contributed by atoms with Gasteiger partial charge >= 0.3 is 0 Å². The van der Waals surface area contributed by atoms with Crippen molar-refractivity contribution in [1.29, 1.82) is 0 Å². The van der Waals surface area contributed by atoms with Crippen molar-refractivity contribution >= 4 is 28.9 Å². The molecule has 1 aromatic heterocycles. The molecular formula is C19H16ClF2N5O. The van der Waals surface area contributed by atoms with Crippen LogP contribution in [0.5, 0.6) is 0 Å². The first-order chi connectivity index (χ1) is 13.5. The minimum Gasteiger partial charge on any atom is -0.360 e. The molecule has 4 rings (SSSR count). The van der Waals surface area contributed by atoms with Crippen molar-refractivity contribution in [3.63, 3.8) is 0 Å². The monoisotopic (exact) mass is 403 g/mol. The molecule has 2 aromatic carbocycles. The van der Waals surface area contributed by atoms with Crippen molar-refractivity contribution in [3.8, 4) is 5.69 Å². The quantitative estimate of drug-likeness (QED) is 0.723. The van der Waals surface area contributed by atoms with Crippen LogP contribution in [-0.2, 0) is 11.2 Å². The number of hydrogen-bond acceptors (Lipinski definition) is 4. The first kappa shape index (κ1) is 18.4. The van der Waals surface area contributed by atoms with Crippen LogP contribution in [0.3, 0.4) is 0 Å². The Morgan fingerprint density at radius 3 is 2.89 bits per heavy atom. The fourth-order valence-corrected chi connectivity index (χ4v) is 3.57. The smallest absolute Gasteiger partial charge is 0.243 e. The fourth-order valence-electron chi connectivity index (χ4n) is 3.40. The zero-order valence-electron chi connectivity index (χ0n) is 14.7. The van der Waals surface area contributed by atoms with Gasteiger partial charge in [0.25, 0.3) is 0 Å². The average Bonchev–Trinajstić information content (AvgIpc) is 3.15. The van der Waals surface area contributed by atoms with E-state index in [9.17, 15) is 13.6 Å². The number of hydrogen-bond donors (Lipinski definition) is 1. The van der Waals surface area contributed by atoms with Crippen LogP contribution in [0.25, 0.3) is 5.69 Å². The number of fused-ring (bicyclic) bond motifs is 1. The normalized spacial score (nSPS) is 13.3. The van der Waals surface area contributed by atoms with Crippen LogP contribution in [-0.4, -0.2) is 33.8 Å². The summed E-state index contributed by atoms with van der Waals surface area (Å²) in [4.78, 5) is 18.2. The minimum atomic E-state index is -0.659. The summed E-state index contributed by atoms with van der Waals surface area (Å²) in [7, 11) is 0. The molecule has 1 aliphatic heterocycles. The van der Waals surface area contributed by atoms with E-state index in [1.54, 1.807) is 23.1 Å². The Labute approximate surface area is 164 Å². The summed E-state index contributed by atoms with van der Waals surface area (Å²) < 4.78 is 29.3. The number of rotatable bonds is 4. The summed E-state index contributed by atoms with van der Waals surface area (Å²) in [5.74, 6) is -1.62. The van der Waals surface area contributed by atoms with Crippen molar-refractivity contribution in [2.75, 3.05) is 23.3 Å². The molecule has 0 aliphatic carbocycles. The first-order valence-corrected chi connectivity index (χ1v) is 9.06. The van der Waals surface area contributed by atoms with E-state index >= 15 is 0 Å². The number of nitrogens with one attached hydrogen (secondary N) is 1. The molecule has 144 valence electrons. The molecule has 0 spiro atoms. The predicted octanol–water partition coefficient (Wildman–Crippen LogP) is 3.59. The second-order valence-corrected chi connectivity index (χ2v) is 6.91. The van der Waals surface area contributed by atoms with Crippen LogP contribution in [0.4, 0.5) is 20.2 Å². The molecule has 3 aromatic rings. The Bertz CT molecular complexity index is 1030. The van der Waals surface area contributed by atoms with Crippen molar-refractivity contribution < 1.29 is 13.6 Å². The maximum absolute atomic E-state index is 14.3. The number of benzene rings is 2. The summed E-state index contributed by atoms with van der Waals surface area (Å²) >= 11 is 6.06. The number of carbonyl (C=O) groups is 1. The van der Waals surface area contributed by atoms with Crippen molar-refractivity contribution in [1.82, 2.24) is 14.8 Å². The van der Waals surface area contributed by atoms with Crippen LogP contribution in [0.1, 0.15) is 12.0 Å². The molecule has 1 amide bonds. The minimum absolute atomic E-state index is 0.0706. The summed E-state index contributed by atoms with van der Waals surface area (Å²) in [6.45, 7) is 0.438. The highest BCUT2D eigenvalue weighted by molar-refractivity contribution is 6.31. The van der Waals surface area contributed by atoms with Crippen LogP contribution in [0.2, 0.25) is 5.02 Å².